The number of allylic oxidation sites excluding steroid dienone is 4. The zero-order valence-corrected chi connectivity index (χ0v) is 66.9. The first kappa shape index (κ1) is 97.5. The van der Waals surface area contributed by atoms with E-state index >= 15 is 0 Å². The number of unbranched alkanes of at least 4 members (excludes halogenated alkanes) is 42. The molecule has 19 heteroatoms. The van der Waals surface area contributed by atoms with E-state index in [4.69, 9.17) is 37.0 Å². The third-order valence-corrected chi connectivity index (χ3v) is 20.2. The number of hydrogen-bond acceptors (Lipinski definition) is 15. The average Bonchev–Trinajstić information content (AvgIpc) is 0.923. The fraction of sp³-hybridized carbons (Fsp3) is 0.901. The number of phosphoric acid groups is 2. The molecule has 17 nitrogen and oxygen atoms in total. The van der Waals surface area contributed by atoms with Crippen molar-refractivity contribution in [1.82, 2.24) is 0 Å². The van der Waals surface area contributed by atoms with Crippen LogP contribution in [0.3, 0.4) is 0 Å². The zero-order valence-electron chi connectivity index (χ0n) is 65.2. The minimum absolute atomic E-state index is 0.101. The van der Waals surface area contributed by atoms with Gasteiger partial charge in [-0.2, -0.15) is 0 Å². The highest BCUT2D eigenvalue weighted by Gasteiger charge is 2.30. The van der Waals surface area contributed by atoms with Crippen LogP contribution in [-0.2, 0) is 65.4 Å². The number of carbonyl (C=O) groups excluding carboxylic acids is 4. The van der Waals surface area contributed by atoms with E-state index in [-0.39, 0.29) is 25.7 Å². The number of hydrogen-bond donors (Lipinski definition) is 3. The first-order valence-electron chi connectivity index (χ1n) is 41.2. The zero-order chi connectivity index (χ0) is 73.7. The smallest absolute Gasteiger partial charge is 0.462 e. The normalized spacial score (nSPS) is 14.1. The summed E-state index contributed by atoms with van der Waals surface area (Å²) in [5.41, 5.74) is 0. The van der Waals surface area contributed by atoms with Gasteiger partial charge in [0.05, 0.1) is 26.4 Å². The molecule has 0 spiro atoms. The molecular weight excluding hydrogens is 1310 g/mol. The van der Waals surface area contributed by atoms with Gasteiger partial charge in [-0.25, -0.2) is 9.13 Å². The molecule has 0 fully saturated rings. The fourth-order valence-electron chi connectivity index (χ4n) is 11.9. The summed E-state index contributed by atoms with van der Waals surface area (Å²) in [5, 5.41) is 10.6. The number of aliphatic hydroxyl groups excluding tert-OH is 1. The number of rotatable bonds is 77. The van der Waals surface area contributed by atoms with Gasteiger partial charge in [0.15, 0.2) is 12.2 Å². The molecule has 0 amide bonds. The molecule has 5 atom stereocenters. The summed E-state index contributed by atoms with van der Waals surface area (Å²) >= 11 is 0. The summed E-state index contributed by atoms with van der Waals surface area (Å²) in [6.07, 6.45) is 62.1. The molecule has 100 heavy (non-hydrogen) atoms. The van der Waals surface area contributed by atoms with E-state index in [0.29, 0.717) is 31.6 Å². The molecular formula is C81H154O17P2. The summed E-state index contributed by atoms with van der Waals surface area (Å²) in [4.78, 5) is 72.9. The monoisotopic (exact) mass is 1460 g/mol. The number of aliphatic hydroxyl groups is 1. The maximum Gasteiger partial charge on any atom is 0.472 e. The van der Waals surface area contributed by atoms with Crippen LogP contribution in [-0.4, -0.2) is 96.7 Å². The Morgan fingerprint density at radius 3 is 0.810 bits per heavy atom. The van der Waals surface area contributed by atoms with E-state index in [9.17, 15) is 43.2 Å². The molecule has 0 aromatic rings. The van der Waals surface area contributed by atoms with E-state index in [0.717, 1.165) is 127 Å². The molecule has 0 radical (unpaired) electrons. The lowest BCUT2D eigenvalue weighted by atomic mass is 10.0. The van der Waals surface area contributed by atoms with Crippen molar-refractivity contribution in [2.75, 3.05) is 39.6 Å². The molecule has 0 heterocycles. The van der Waals surface area contributed by atoms with Gasteiger partial charge in [0.1, 0.15) is 19.3 Å². The van der Waals surface area contributed by atoms with E-state index < -0.39 is 97.5 Å². The van der Waals surface area contributed by atoms with Crippen molar-refractivity contribution in [3.8, 4) is 0 Å². The predicted octanol–water partition coefficient (Wildman–Crippen LogP) is 23.7. The summed E-state index contributed by atoms with van der Waals surface area (Å²) in [6, 6.07) is 0. The van der Waals surface area contributed by atoms with Gasteiger partial charge in [0.2, 0.25) is 0 Å². The third-order valence-electron chi connectivity index (χ3n) is 18.3. The molecule has 0 saturated carbocycles. The van der Waals surface area contributed by atoms with E-state index in [1.807, 2.05) is 0 Å². The second kappa shape index (κ2) is 70.8. The molecule has 0 saturated heterocycles. The Hall–Kier alpha value is -2.46. The van der Waals surface area contributed by atoms with Gasteiger partial charge in [0, 0.05) is 25.7 Å². The number of carbonyl (C=O) groups is 4. The Morgan fingerprint density at radius 2 is 0.540 bits per heavy atom. The van der Waals surface area contributed by atoms with E-state index in [1.165, 1.54) is 180 Å². The molecule has 590 valence electrons. The SMILES string of the molecule is CCCCCC/C=C\C=C/CCCCCCCC(=O)OC[C@H](COP(=O)(O)OC[C@@H](O)COP(=O)(O)OC[C@@H](COC(=O)CCCCCCCCC(C)C)OC(=O)CCCCCCCCCCCCCCC(C)C)OC(=O)CCCCCCCCCCCCCCCCCCCCC(C)C. The van der Waals surface area contributed by atoms with Gasteiger partial charge in [-0.15, -0.1) is 0 Å². The maximum atomic E-state index is 13.1. The maximum absolute atomic E-state index is 13.1. The molecule has 0 aliphatic heterocycles. The highest BCUT2D eigenvalue weighted by molar-refractivity contribution is 7.47. The fourth-order valence-corrected chi connectivity index (χ4v) is 13.5. The van der Waals surface area contributed by atoms with Crippen LogP contribution in [0.25, 0.3) is 0 Å². The van der Waals surface area contributed by atoms with Crippen LogP contribution in [0.4, 0.5) is 0 Å². The van der Waals surface area contributed by atoms with Crippen molar-refractivity contribution in [3.05, 3.63) is 24.3 Å². The highest BCUT2D eigenvalue weighted by Crippen LogP contribution is 2.45. The Kier molecular flexibility index (Phi) is 69.1. The summed E-state index contributed by atoms with van der Waals surface area (Å²) < 4.78 is 68.6. The van der Waals surface area contributed by atoms with Crippen LogP contribution in [0.15, 0.2) is 24.3 Å². The van der Waals surface area contributed by atoms with Gasteiger partial charge in [-0.1, -0.05) is 342 Å². The van der Waals surface area contributed by atoms with Gasteiger partial charge in [-0.3, -0.25) is 37.3 Å². The van der Waals surface area contributed by atoms with E-state index in [2.05, 4.69) is 72.8 Å². The van der Waals surface area contributed by atoms with E-state index in [1.54, 1.807) is 0 Å². The number of ether oxygens (including phenoxy) is 4. The number of esters is 4. The summed E-state index contributed by atoms with van der Waals surface area (Å²) in [5.74, 6) is 0.127. The minimum atomic E-state index is -4.97. The van der Waals surface area contributed by atoms with Crippen LogP contribution < -0.4 is 0 Å². The first-order chi connectivity index (χ1) is 48.2. The van der Waals surface area contributed by atoms with Crippen LogP contribution in [0.5, 0.6) is 0 Å². The molecule has 0 aliphatic rings. The summed E-state index contributed by atoms with van der Waals surface area (Å²) in [6.45, 7) is 11.8. The Bertz CT molecular complexity index is 2030. The molecule has 0 aliphatic carbocycles. The van der Waals surface area contributed by atoms with Crippen LogP contribution in [0, 0.1) is 17.8 Å². The highest BCUT2D eigenvalue weighted by atomic mass is 31.2. The Balaban J connectivity index is 5.24. The van der Waals surface area contributed by atoms with Crippen molar-refractivity contribution >= 4 is 39.5 Å². The van der Waals surface area contributed by atoms with Crippen molar-refractivity contribution < 1.29 is 80.2 Å². The standard InChI is InChI=1S/C81H154O17P2/c1-8-9-10-11-12-13-14-15-20-24-30-35-40-48-55-62-78(83)91-68-76(97-80(85)64-57-50-41-36-31-25-22-19-17-16-18-21-23-28-33-38-45-52-59-72(2)3)70-95-99(87,88)93-66-75(82)67-94-100(89,90)96-71-77(69-92-79(84)63-56-49-44-43-47-54-61-74(6)7)98-81(86)65-58-51-42-37-32-27-26-29-34-39-46-53-60-73(4)5/h13-15,20,72-77,82H,8-12,16-19,21-71H2,1-7H3,(H,87,88)(H,89,90)/b14-13-,20-15-/t75-,76-,77-/m1/s1. The van der Waals surface area contributed by atoms with Crippen molar-refractivity contribution in [3.63, 3.8) is 0 Å². The second-order valence-corrected chi connectivity index (χ2v) is 32.8. The van der Waals surface area contributed by atoms with Crippen molar-refractivity contribution in [1.29, 1.82) is 0 Å². The molecule has 0 aromatic carbocycles. The van der Waals surface area contributed by atoms with Gasteiger partial charge < -0.3 is 33.8 Å². The minimum Gasteiger partial charge on any atom is -0.462 e. The van der Waals surface area contributed by atoms with Gasteiger partial charge >= 0.3 is 39.5 Å². The number of phosphoric ester groups is 2. The molecule has 3 N–H and O–H groups in total. The largest absolute Gasteiger partial charge is 0.472 e. The van der Waals surface area contributed by atoms with Crippen molar-refractivity contribution in [2.45, 2.75) is 414 Å². The third kappa shape index (κ3) is 73.8. The molecule has 0 rings (SSSR count). The molecule has 0 bridgehead atoms. The lowest BCUT2D eigenvalue weighted by molar-refractivity contribution is -0.161. The predicted molar refractivity (Wildman–Crippen MR) is 409 cm³/mol. The quantitative estimate of drug-likeness (QED) is 0.0169. The van der Waals surface area contributed by atoms with Gasteiger partial charge in [-0.05, 0) is 69.1 Å². The van der Waals surface area contributed by atoms with Gasteiger partial charge in [0.25, 0.3) is 0 Å². The lowest BCUT2D eigenvalue weighted by Gasteiger charge is -2.21. The Morgan fingerprint density at radius 1 is 0.310 bits per heavy atom. The second-order valence-electron chi connectivity index (χ2n) is 29.9. The molecule has 0 aromatic heterocycles. The first-order valence-corrected chi connectivity index (χ1v) is 44.2. The average molecular weight is 1460 g/mol. The Labute approximate surface area is 612 Å². The van der Waals surface area contributed by atoms with Crippen LogP contribution in [0.1, 0.15) is 395 Å². The van der Waals surface area contributed by atoms with Crippen molar-refractivity contribution in [2.24, 2.45) is 17.8 Å². The topological polar surface area (TPSA) is 237 Å². The lowest BCUT2D eigenvalue weighted by Crippen LogP contribution is -2.30. The van der Waals surface area contributed by atoms with Crippen LogP contribution in [0.2, 0.25) is 0 Å². The summed E-state index contributed by atoms with van der Waals surface area (Å²) in [7, 11) is -9.93. The van der Waals surface area contributed by atoms with Crippen LogP contribution >= 0.6 is 15.6 Å². The molecule has 2 unspecified atom stereocenters.